The van der Waals surface area contributed by atoms with Crippen molar-refractivity contribution in [1.82, 2.24) is 25.2 Å². The van der Waals surface area contributed by atoms with Gasteiger partial charge in [-0.2, -0.15) is 0 Å². The first-order chi connectivity index (χ1) is 25.5. The number of sulfonamides is 1. The highest BCUT2D eigenvalue weighted by atomic mass is 32.2. The second kappa shape index (κ2) is 15.1. The molecule has 0 unspecified atom stereocenters. The molecule has 0 aromatic heterocycles. The van der Waals surface area contributed by atoms with Gasteiger partial charge in [0.25, 0.3) is 5.91 Å². The molecule has 2 saturated heterocycles. The molecule has 5 atom stereocenters. The highest BCUT2D eigenvalue weighted by Crippen LogP contribution is 2.50. The average molecular weight is 774 g/mol. The van der Waals surface area contributed by atoms with Crippen LogP contribution in [0.1, 0.15) is 109 Å². The van der Waals surface area contributed by atoms with Crippen LogP contribution in [0, 0.1) is 11.7 Å². The Bertz CT molecular complexity index is 1790. The summed E-state index contributed by atoms with van der Waals surface area (Å²) in [6.45, 7) is 8.70. The maximum absolute atomic E-state index is 14.4. The first kappa shape index (κ1) is 39.5. The van der Waals surface area contributed by atoms with E-state index in [2.05, 4.69) is 21.9 Å². The molecule has 296 valence electrons. The summed E-state index contributed by atoms with van der Waals surface area (Å²) in [5, 5.41) is 5.54. The fraction of sp³-hybridized carbons (Fsp3) is 0.658. The van der Waals surface area contributed by atoms with E-state index in [0.717, 1.165) is 25.7 Å². The smallest absolute Gasteiger partial charge is 0.410 e. The van der Waals surface area contributed by atoms with Gasteiger partial charge in [0, 0.05) is 18.5 Å². The van der Waals surface area contributed by atoms with Crippen LogP contribution in [-0.4, -0.2) is 88.7 Å². The van der Waals surface area contributed by atoms with Gasteiger partial charge in [0.1, 0.15) is 35.1 Å². The largest absolute Gasteiger partial charge is 0.444 e. The Hall–Kier alpha value is -4.21. The molecule has 5 amide bonds. The van der Waals surface area contributed by atoms with Gasteiger partial charge in [-0.1, -0.05) is 50.3 Å². The van der Waals surface area contributed by atoms with E-state index in [0.29, 0.717) is 36.8 Å². The number of carbonyl (C=O) groups is 5. The molecule has 3 heterocycles. The van der Waals surface area contributed by atoms with Crippen molar-refractivity contribution in [2.45, 2.75) is 145 Å². The summed E-state index contributed by atoms with van der Waals surface area (Å²) in [5.41, 5.74) is -1.31. The zero-order chi connectivity index (χ0) is 39.1. The van der Waals surface area contributed by atoms with E-state index in [9.17, 15) is 36.8 Å². The van der Waals surface area contributed by atoms with Crippen LogP contribution in [0.2, 0.25) is 0 Å². The lowest BCUT2D eigenvalue weighted by Gasteiger charge is -2.30. The van der Waals surface area contributed by atoms with E-state index in [-0.39, 0.29) is 51.2 Å². The van der Waals surface area contributed by atoms with Crippen LogP contribution < -0.4 is 15.4 Å². The van der Waals surface area contributed by atoms with E-state index in [1.165, 1.54) is 21.9 Å². The summed E-state index contributed by atoms with van der Waals surface area (Å²) in [5.74, 6) is -2.86. The van der Waals surface area contributed by atoms with Gasteiger partial charge in [-0.15, -0.1) is 6.58 Å². The molecule has 2 aliphatic carbocycles. The first-order valence-corrected chi connectivity index (χ1v) is 20.5. The summed E-state index contributed by atoms with van der Waals surface area (Å²) in [4.78, 5) is 71.6. The Labute approximate surface area is 316 Å². The minimum atomic E-state index is -4.09. The lowest BCUT2D eigenvalue weighted by atomic mass is 10.0. The normalized spacial score (nSPS) is 28.2. The van der Waals surface area contributed by atoms with Gasteiger partial charge in [-0.3, -0.25) is 24.0 Å². The molecule has 1 aromatic rings. The van der Waals surface area contributed by atoms with Gasteiger partial charge >= 0.3 is 12.2 Å². The highest BCUT2D eigenvalue weighted by Gasteiger charge is 2.64. The Morgan fingerprint density at radius 2 is 1.78 bits per heavy atom. The summed E-state index contributed by atoms with van der Waals surface area (Å²) in [6, 6.07) is 2.32. The zero-order valence-corrected chi connectivity index (χ0v) is 32.1. The Balaban J connectivity index is 1.25. The molecule has 0 radical (unpaired) electrons. The van der Waals surface area contributed by atoms with E-state index >= 15 is 0 Å². The second-order valence-electron chi connectivity index (χ2n) is 16.5. The molecule has 4 fully saturated rings. The maximum Gasteiger partial charge on any atom is 0.410 e. The topological polar surface area (TPSA) is 181 Å². The van der Waals surface area contributed by atoms with Crippen LogP contribution in [-0.2, 0) is 47.0 Å². The lowest BCUT2D eigenvalue weighted by molar-refractivity contribution is -0.141. The van der Waals surface area contributed by atoms with E-state index in [4.69, 9.17) is 9.47 Å². The number of nitrogens with one attached hydrogen (secondary N) is 3. The van der Waals surface area contributed by atoms with Crippen molar-refractivity contribution in [3.8, 4) is 0 Å². The maximum atomic E-state index is 14.4. The number of carbonyl (C=O) groups excluding carboxylic acids is 5. The predicted octanol–water partition coefficient (Wildman–Crippen LogP) is 4.31. The van der Waals surface area contributed by atoms with Crippen molar-refractivity contribution in [2.75, 3.05) is 6.54 Å². The number of ether oxygens (including phenoxy) is 2. The number of fused-ring (bicyclic) bond motifs is 3. The SMILES string of the molecule is C=CCC1(S(=O)(=O)NC(=O)[C@@]23C[C@H]2CCCCCCC[C@H](NC(=O)OC(C)(C)C)C(=O)N2C[C@H](OC(=O)N4Cc5cccc(F)c5C4)C[C@H]2C(=O)N3)CC1. The number of halogens is 1. The molecule has 16 heteroatoms. The molecule has 3 N–H and O–H groups in total. The molecule has 6 rings (SSSR count). The van der Waals surface area contributed by atoms with Gasteiger partial charge in [0.05, 0.1) is 17.8 Å². The molecule has 5 aliphatic rings. The third kappa shape index (κ3) is 8.37. The van der Waals surface area contributed by atoms with Crippen molar-refractivity contribution in [2.24, 2.45) is 5.92 Å². The Morgan fingerprint density at radius 1 is 1.07 bits per heavy atom. The van der Waals surface area contributed by atoms with Gasteiger partial charge in [0.2, 0.25) is 21.8 Å². The summed E-state index contributed by atoms with van der Waals surface area (Å²) in [6.07, 6.45) is 4.71. The number of benzene rings is 1. The number of hydrogen-bond donors (Lipinski definition) is 3. The molecule has 54 heavy (non-hydrogen) atoms. The second-order valence-corrected chi connectivity index (χ2v) is 18.6. The number of alkyl carbamates (subject to hydrolysis) is 1. The summed E-state index contributed by atoms with van der Waals surface area (Å²) >= 11 is 0. The van der Waals surface area contributed by atoms with E-state index in [1.807, 2.05) is 0 Å². The predicted molar refractivity (Wildman–Crippen MR) is 194 cm³/mol. The number of allylic oxidation sites excluding steroid dienone is 1. The molecule has 1 aromatic carbocycles. The zero-order valence-electron chi connectivity index (χ0n) is 31.3. The number of hydrogen-bond acceptors (Lipinski definition) is 9. The van der Waals surface area contributed by atoms with E-state index < -0.39 is 79.8 Å². The van der Waals surface area contributed by atoms with Crippen LogP contribution in [0.5, 0.6) is 0 Å². The van der Waals surface area contributed by atoms with Crippen LogP contribution in [0.3, 0.4) is 0 Å². The fourth-order valence-electron chi connectivity index (χ4n) is 8.05. The molecular formula is C38H52FN5O9S. The molecule has 2 saturated carbocycles. The minimum absolute atomic E-state index is 0.00197. The van der Waals surface area contributed by atoms with E-state index in [1.54, 1.807) is 32.9 Å². The average Bonchev–Trinajstić information content (AvgIpc) is 3.91. The van der Waals surface area contributed by atoms with Crippen LogP contribution >= 0.6 is 0 Å². The van der Waals surface area contributed by atoms with Crippen LogP contribution in [0.25, 0.3) is 0 Å². The van der Waals surface area contributed by atoms with Gasteiger partial charge in [-0.05, 0) is 76.8 Å². The fourth-order valence-corrected chi connectivity index (χ4v) is 9.67. The quantitative estimate of drug-likeness (QED) is 0.341. The monoisotopic (exact) mass is 773 g/mol. The van der Waals surface area contributed by atoms with Crippen molar-refractivity contribution in [3.63, 3.8) is 0 Å². The number of rotatable bonds is 7. The number of amides is 5. The molecular weight excluding hydrogens is 722 g/mol. The third-order valence-corrected chi connectivity index (χ3v) is 13.5. The Kier molecular flexibility index (Phi) is 11.1. The highest BCUT2D eigenvalue weighted by molar-refractivity contribution is 7.91. The summed E-state index contributed by atoms with van der Waals surface area (Å²) < 4.78 is 53.8. The van der Waals surface area contributed by atoms with Gasteiger partial charge in [0.15, 0.2) is 0 Å². The third-order valence-electron chi connectivity index (χ3n) is 11.3. The molecule has 0 spiro atoms. The van der Waals surface area contributed by atoms with Gasteiger partial charge in [-0.25, -0.2) is 22.4 Å². The first-order valence-electron chi connectivity index (χ1n) is 19.0. The van der Waals surface area contributed by atoms with Crippen molar-refractivity contribution in [1.29, 1.82) is 0 Å². The standard InChI is InChI=1S/C38H52FN5O9S/c1-5-16-37(17-18-37)54(50,51)42-33(47)38-20-25(38)13-9-7-6-8-10-15-29(40-34(48)53-36(2,3)4)32(46)44-22-26(19-30(44)31(45)41-38)52-35(49)43-21-24-12-11-14-28(39)27(24)23-43/h5,11-12,14,25-26,29-30H,1,6-10,13,15-23H2,2-4H3,(H,40,48)(H,41,45)(H,42,47)/t25-,26-,29+,30+,38-/m1/s1. The molecule has 0 bridgehead atoms. The number of nitrogens with zero attached hydrogens (tertiary/aromatic N) is 2. The Morgan fingerprint density at radius 3 is 2.44 bits per heavy atom. The summed E-state index contributed by atoms with van der Waals surface area (Å²) in [7, 11) is -4.09. The molecule has 14 nitrogen and oxygen atoms in total. The lowest BCUT2D eigenvalue weighted by Crippen LogP contribution is -2.59. The minimum Gasteiger partial charge on any atom is -0.444 e. The van der Waals surface area contributed by atoms with Crippen molar-refractivity contribution in [3.05, 3.63) is 47.8 Å². The van der Waals surface area contributed by atoms with Crippen molar-refractivity contribution >= 4 is 39.9 Å². The van der Waals surface area contributed by atoms with Gasteiger partial charge < -0.3 is 25.0 Å². The van der Waals surface area contributed by atoms with Crippen LogP contribution in [0.15, 0.2) is 30.9 Å². The van der Waals surface area contributed by atoms with Crippen molar-refractivity contribution < 1.29 is 46.3 Å². The van der Waals surface area contributed by atoms with Crippen LogP contribution in [0.4, 0.5) is 14.0 Å². The molecule has 3 aliphatic heterocycles.